The summed E-state index contributed by atoms with van der Waals surface area (Å²) in [5.74, 6) is -2.56. The fourth-order valence-corrected chi connectivity index (χ4v) is 5.67. The van der Waals surface area contributed by atoms with Gasteiger partial charge in [-0.05, 0) is 43.5 Å². The van der Waals surface area contributed by atoms with Gasteiger partial charge in [-0.15, -0.1) is 11.3 Å². The molecule has 1 N–H and O–H groups in total. The number of nitriles is 1. The molecule has 0 spiro atoms. The van der Waals surface area contributed by atoms with Gasteiger partial charge in [0.2, 0.25) is 15.9 Å². The highest BCUT2D eigenvalue weighted by Gasteiger charge is 2.34. The molecule has 2 aromatic rings. The molecule has 29 heavy (non-hydrogen) atoms. The van der Waals surface area contributed by atoms with Crippen molar-refractivity contribution in [3.8, 4) is 6.07 Å². The Kier molecular flexibility index (Phi) is 6.31. The molecule has 6 nitrogen and oxygen atoms in total. The number of hydrogen-bond donors (Lipinski definition) is 1. The van der Waals surface area contributed by atoms with E-state index in [0.717, 1.165) is 27.7 Å². The van der Waals surface area contributed by atoms with Crippen molar-refractivity contribution in [2.45, 2.75) is 31.1 Å². The number of nitrogens with zero attached hydrogens (tertiary/aromatic N) is 2. The maximum Gasteiger partial charge on any atom is 0.246 e. The lowest BCUT2D eigenvalue weighted by molar-refractivity contribution is -0.120. The topological polar surface area (TPSA) is 90.3 Å². The van der Waals surface area contributed by atoms with Crippen molar-refractivity contribution in [2.24, 2.45) is 5.92 Å². The maximum absolute atomic E-state index is 13.9. The van der Waals surface area contributed by atoms with E-state index in [2.05, 4.69) is 11.4 Å². The summed E-state index contributed by atoms with van der Waals surface area (Å²) >= 11 is 1.34. The molecule has 10 heteroatoms. The van der Waals surface area contributed by atoms with Gasteiger partial charge in [-0.3, -0.25) is 4.79 Å². The Hall–Kier alpha value is -2.35. The smallest absolute Gasteiger partial charge is 0.246 e. The Morgan fingerprint density at radius 1 is 1.31 bits per heavy atom. The minimum Gasteiger partial charge on any atom is -0.316 e. The zero-order valence-electron chi connectivity index (χ0n) is 15.6. The van der Waals surface area contributed by atoms with Crippen LogP contribution in [0.15, 0.2) is 29.2 Å². The summed E-state index contributed by atoms with van der Waals surface area (Å²) in [6.07, 6.45) is 1.24. The van der Waals surface area contributed by atoms with Crippen LogP contribution in [0.5, 0.6) is 0 Å². The molecule has 2 heterocycles. The SMILES string of the molecule is CCc1cc(C#N)c(NC(=O)C2CCN(S(=O)(=O)c3cc(F)ccc3F)CC2)s1. The average Bonchev–Trinajstić information content (AvgIpc) is 3.11. The quantitative estimate of drug-likeness (QED) is 0.772. The first-order valence-electron chi connectivity index (χ1n) is 9.05. The summed E-state index contributed by atoms with van der Waals surface area (Å²) in [6.45, 7) is 1.99. The van der Waals surface area contributed by atoms with Gasteiger partial charge in [0, 0.05) is 23.9 Å². The summed E-state index contributed by atoms with van der Waals surface area (Å²) in [7, 11) is -4.19. The Balaban J connectivity index is 1.67. The highest BCUT2D eigenvalue weighted by Crippen LogP contribution is 2.30. The number of amides is 1. The van der Waals surface area contributed by atoms with Gasteiger partial charge in [0.05, 0.1) is 5.56 Å². The predicted molar refractivity (Wildman–Crippen MR) is 105 cm³/mol. The van der Waals surface area contributed by atoms with E-state index >= 15 is 0 Å². The Morgan fingerprint density at radius 2 is 2.00 bits per heavy atom. The molecule has 3 rings (SSSR count). The largest absolute Gasteiger partial charge is 0.316 e. The van der Waals surface area contributed by atoms with Crippen molar-refractivity contribution in [2.75, 3.05) is 18.4 Å². The van der Waals surface area contributed by atoms with Crippen molar-refractivity contribution in [1.29, 1.82) is 5.26 Å². The minimum atomic E-state index is -4.19. The molecule has 0 bridgehead atoms. The van der Waals surface area contributed by atoms with Gasteiger partial charge < -0.3 is 5.32 Å². The number of aryl methyl sites for hydroxylation is 1. The van der Waals surface area contributed by atoms with Crippen LogP contribution >= 0.6 is 11.3 Å². The van der Waals surface area contributed by atoms with Gasteiger partial charge >= 0.3 is 0 Å². The molecule has 1 aliphatic heterocycles. The second-order valence-corrected chi connectivity index (χ2v) is 9.71. The molecule has 0 aliphatic carbocycles. The maximum atomic E-state index is 13.9. The average molecular weight is 440 g/mol. The highest BCUT2D eigenvalue weighted by atomic mass is 32.2. The molecule has 0 unspecified atom stereocenters. The van der Waals surface area contributed by atoms with Gasteiger partial charge in [-0.1, -0.05) is 6.92 Å². The molecule has 0 radical (unpaired) electrons. The Bertz CT molecular complexity index is 1070. The van der Waals surface area contributed by atoms with Crippen molar-refractivity contribution in [3.63, 3.8) is 0 Å². The van der Waals surface area contributed by atoms with Crippen molar-refractivity contribution < 1.29 is 22.0 Å². The van der Waals surface area contributed by atoms with Gasteiger partial charge in [0.15, 0.2) is 0 Å². The lowest BCUT2D eigenvalue weighted by atomic mass is 9.97. The molecular weight excluding hydrogens is 420 g/mol. The number of benzene rings is 1. The molecule has 1 aromatic heterocycles. The second-order valence-electron chi connectivity index (χ2n) is 6.66. The lowest BCUT2D eigenvalue weighted by Gasteiger charge is -2.30. The third-order valence-electron chi connectivity index (χ3n) is 4.82. The Labute approximate surface area is 171 Å². The predicted octanol–water partition coefficient (Wildman–Crippen LogP) is 3.50. The number of hydrogen-bond acceptors (Lipinski definition) is 5. The van der Waals surface area contributed by atoms with E-state index in [1.54, 1.807) is 6.07 Å². The molecule has 1 saturated heterocycles. The van der Waals surface area contributed by atoms with Crippen LogP contribution in [0, 0.1) is 28.9 Å². The fraction of sp³-hybridized carbons (Fsp3) is 0.368. The van der Waals surface area contributed by atoms with Gasteiger partial charge in [-0.2, -0.15) is 9.57 Å². The number of rotatable bonds is 5. The van der Waals surface area contributed by atoms with E-state index in [9.17, 15) is 27.3 Å². The molecule has 0 saturated carbocycles. The summed E-state index contributed by atoms with van der Waals surface area (Å²) in [5, 5.41) is 12.5. The molecule has 1 aliphatic rings. The number of piperidine rings is 1. The standard InChI is InChI=1S/C19H19F2N3O3S2/c1-2-15-9-13(11-22)19(28-15)23-18(25)12-5-7-24(8-6-12)29(26,27)17-10-14(20)3-4-16(17)21/h3-4,9-10,12H,2,5-8H2,1H3,(H,23,25). The molecule has 154 valence electrons. The number of thiophene rings is 1. The molecule has 1 amide bonds. The summed E-state index contributed by atoms with van der Waals surface area (Å²) in [5.41, 5.74) is 0.404. The lowest BCUT2D eigenvalue weighted by Crippen LogP contribution is -2.41. The van der Waals surface area contributed by atoms with E-state index in [1.807, 2.05) is 6.92 Å². The third-order valence-corrected chi connectivity index (χ3v) is 7.93. The van der Waals surface area contributed by atoms with Gasteiger partial charge in [0.25, 0.3) is 0 Å². The van der Waals surface area contributed by atoms with Gasteiger partial charge in [-0.25, -0.2) is 17.2 Å². The van der Waals surface area contributed by atoms with Crippen LogP contribution in [-0.4, -0.2) is 31.7 Å². The number of carbonyl (C=O) groups excluding carboxylic acids is 1. The first-order valence-corrected chi connectivity index (χ1v) is 11.3. The van der Waals surface area contributed by atoms with Crippen molar-refractivity contribution in [3.05, 3.63) is 46.3 Å². The molecule has 1 fully saturated rings. The number of sulfonamides is 1. The summed E-state index contributed by atoms with van der Waals surface area (Å²) < 4.78 is 53.6. The van der Waals surface area contributed by atoms with E-state index in [1.165, 1.54) is 11.3 Å². The zero-order chi connectivity index (χ0) is 21.2. The summed E-state index contributed by atoms with van der Waals surface area (Å²) in [4.78, 5) is 12.8. The summed E-state index contributed by atoms with van der Waals surface area (Å²) in [6, 6.07) is 6.09. The first kappa shape index (κ1) is 21.4. The van der Waals surface area contributed by atoms with Crippen LogP contribution in [0.1, 0.15) is 30.2 Å². The molecule has 0 atom stereocenters. The Morgan fingerprint density at radius 3 is 2.62 bits per heavy atom. The van der Waals surface area contributed by atoms with E-state index in [-0.39, 0.29) is 31.8 Å². The normalized spacial score (nSPS) is 15.8. The van der Waals surface area contributed by atoms with E-state index in [4.69, 9.17) is 0 Å². The van der Waals surface area contributed by atoms with Crippen LogP contribution in [-0.2, 0) is 21.2 Å². The van der Waals surface area contributed by atoms with Crippen LogP contribution < -0.4 is 5.32 Å². The monoisotopic (exact) mass is 439 g/mol. The third kappa shape index (κ3) is 4.47. The van der Waals surface area contributed by atoms with Crippen molar-refractivity contribution in [1.82, 2.24) is 4.31 Å². The van der Waals surface area contributed by atoms with E-state index < -0.39 is 32.5 Å². The number of halogens is 2. The second kappa shape index (κ2) is 8.57. The first-order chi connectivity index (χ1) is 13.8. The van der Waals surface area contributed by atoms with Crippen LogP contribution in [0.4, 0.5) is 13.8 Å². The zero-order valence-corrected chi connectivity index (χ0v) is 17.2. The van der Waals surface area contributed by atoms with Crippen LogP contribution in [0.25, 0.3) is 0 Å². The fourth-order valence-electron chi connectivity index (χ4n) is 3.18. The van der Waals surface area contributed by atoms with Crippen LogP contribution in [0.3, 0.4) is 0 Å². The van der Waals surface area contributed by atoms with Gasteiger partial charge in [0.1, 0.15) is 27.6 Å². The minimum absolute atomic E-state index is 0.0200. The highest BCUT2D eigenvalue weighted by molar-refractivity contribution is 7.89. The molecular formula is C19H19F2N3O3S2. The van der Waals surface area contributed by atoms with Crippen LogP contribution in [0.2, 0.25) is 0 Å². The van der Waals surface area contributed by atoms with E-state index in [0.29, 0.717) is 16.6 Å². The number of anilines is 1. The molecule has 1 aromatic carbocycles. The van der Waals surface area contributed by atoms with Crippen molar-refractivity contribution >= 4 is 32.3 Å². The number of carbonyl (C=O) groups is 1. The number of nitrogens with one attached hydrogen (secondary N) is 1.